The van der Waals surface area contributed by atoms with Gasteiger partial charge in [0, 0.05) is 31.7 Å². The maximum atomic E-state index is 7.64. The third-order valence-electron chi connectivity index (χ3n) is 3.15. The number of hydrogen-bond donors (Lipinski definition) is 2. The van der Waals surface area contributed by atoms with E-state index in [1.807, 2.05) is 43.1 Å². The van der Waals surface area contributed by atoms with E-state index < -0.39 is 0 Å². The van der Waals surface area contributed by atoms with Gasteiger partial charge < -0.3 is 10.6 Å². The smallest absolute Gasteiger partial charge is 0.139 e. The summed E-state index contributed by atoms with van der Waals surface area (Å²) >= 11 is 0. The largest absolute Gasteiger partial charge is 0.384 e. The lowest BCUT2D eigenvalue weighted by atomic mass is 10.1. The number of rotatable bonds is 5. The molecular weight excluding hydrogens is 250 g/mol. The van der Waals surface area contributed by atoms with Crippen LogP contribution >= 0.6 is 0 Å². The van der Waals surface area contributed by atoms with Gasteiger partial charge >= 0.3 is 0 Å². The molecule has 0 atom stereocenters. The highest BCUT2D eigenvalue weighted by atomic mass is 15.2. The highest BCUT2D eigenvalue weighted by molar-refractivity contribution is 5.99. The summed E-state index contributed by atoms with van der Waals surface area (Å²) in [6.45, 7) is 2.74. The molecule has 0 aromatic carbocycles. The Morgan fingerprint density at radius 2 is 1.95 bits per heavy atom. The lowest BCUT2D eigenvalue weighted by Gasteiger charge is -2.21. The van der Waals surface area contributed by atoms with E-state index in [-0.39, 0.29) is 5.84 Å². The fraction of sp³-hybridized carbons (Fsp3) is 0.267. The summed E-state index contributed by atoms with van der Waals surface area (Å²) in [7, 11) is 1.97. The molecule has 104 valence electrons. The maximum Gasteiger partial charge on any atom is 0.139 e. The number of amidine groups is 1. The molecule has 0 amide bonds. The van der Waals surface area contributed by atoms with E-state index in [0.29, 0.717) is 5.56 Å². The first kappa shape index (κ1) is 14.0. The van der Waals surface area contributed by atoms with E-state index in [9.17, 15) is 0 Å². The third-order valence-corrected chi connectivity index (χ3v) is 3.15. The minimum absolute atomic E-state index is 0.0447. The van der Waals surface area contributed by atoms with Crippen LogP contribution in [0.15, 0.2) is 36.7 Å². The van der Waals surface area contributed by atoms with Crippen LogP contribution in [0.4, 0.5) is 5.82 Å². The van der Waals surface area contributed by atoms with Gasteiger partial charge in [0.15, 0.2) is 0 Å². The lowest BCUT2D eigenvalue weighted by molar-refractivity contribution is 0.853. The molecular formula is C15H19N5. The van der Waals surface area contributed by atoms with Gasteiger partial charge in [-0.2, -0.15) is 0 Å². The normalized spacial score (nSPS) is 10.3. The predicted octanol–water partition coefficient (Wildman–Crippen LogP) is 1.75. The second-order valence-electron chi connectivity index (χ2n) is 4.76. The standard InChI is InChI=1S/C15H19N5/c1-11-3-4-13(14(16)17)15(19-11)20(2)10-7-12-5-8-18-9-6-12/h3-6,8-9H,7,10H2,1-2H3,(H3,16,17). The first-order chi connectivity index (χ1) is 9.58. The number of nitrogens with one attached hydrogen (secondary N) is 1. The molecule has 2 rings (SSSR count). The summed E-state index contributed by atoms with van der Waals surface area (Å²) in [6.07, 6.45) is 4.48. The van der Waals surface area contributed by atoms with Crippen LogP contribution in [0.3, 0.4) is 0 Å². The first-order valence-electron chi connectivity index (χ1n) is 6.50. The predicted molar refractivity (Wildman–Crippen MR) is 81.2 cm³/mol. The molecule has 2 aromatic rings. The van der Waals surface area contributed by atoms with Crippen molar-refractivity contribution in [2.24, 2.45) is 5.73 Å². The number of nitrogen functional groups attached to an aromatic ring is 1. The fourth-order valence-corrected chi connectivity index (χ4v) is 2.00. The van der Waals surface area contributed by atoms with Crippen LogP contribution in [0.5, 0.6) is 0 Å². The van der Waals surface area contributed by atoms with Crippen molar-refractivity contribution in [3.05, 3.63) is 53.5 Å². The Kier molecular flexibility index (Phi) is 4.30. The molecule has 2 heterocycles. The van der Waals surface area contributed by atoms with E-state index in [4.69, 9.17) is 11.1 Å². The minimum atomic E-state index is 0.0447. The molecule has 5 heteroatoms. The third kappa shape index (κ3) is 3.32. The average molecular weight is 269 g/mol. The highest BCUT2D eigenvalue weighted by Crippen LogP contribution is 2.17. The summed E-state index contributed by atoms with van der Waals surface area (Å²) in [5.74, 6) is 0.801. The number of anilines is 1. The molecule has 0 aliphatic carbocycles. The number of aromatic nitrogens is 2. The van der Waals surface area contributed by atoms with Crippen molar-refractivity contribution in [2.75, 3.05) is 18.5 Å². The Labute approximate surface area is 119 Å². The van der Waals surface area contributed by atoms with Gasteiger partial charge in [-0.15, -0.1) is 0 Å². The Morgan fingerprint density at radius 3 is 2.60 bits per heavy atom. The molecule has 0 unspecified atom stereocenters. The van der Waals surface area contributed by atoms with E-state index in [1.165, 1.54) is 5.56 Å². The molecule has 0 radical (unpaired) electrons. The van der Waals surface area contributed by atoms with Crippen molar-refractivity contribution in [2.45, 2.75) is 13.3 Å². The van der Waals surface area contributed by atoms with Crippen molar-refractivity contribution in [3.63, 3.8) is 0 Å². The van der Waals surface area contributed by atoms with Gasteiger partial charge in [0.05, 0.1) is 5.56 Å². The molecule has 2 aromatic heterocycles. The van der Waals surface area contributed by atoms with Gasteiger partial charge in [0.1, 0.15) is 11.7 Å². The monoisotopic (exact) mass is 269 g/mol. The Bertz CT molecular complexity index is 594. The first-order valence-corrected chi connectivity index (χ1v) is 6.50. The highest BCUT2D eigenvalue weighted by Gasteiger charge is 2.11. The zero-order valence-corrected chi connectivity index (χ0v) is 11.8. The zero-order chi connectivity index (χ0) is 14.5. The van der Waals surface area contributed by atoms with Gasteiger partial charge in [0.25, 0.3) is 0 Å². The van der Waals surface area contributed by atoms with Gasteiger partial charge in [0.2, 0.25) is 0 Å². The number of nitrogens with two attached hydrogens (primary N) is 1. The summed E-state index contributed by atoms with van der Waals surface area (Å²) in [5.41, 5.74) is 8.44. The molecule has 5 nitrogen and oxygen atoms in total. The minimum Gasteiger partial charge on any atom is -0.384 e. The summed E-state index contributed by atoms with van der Waals surface area (Å²) in [5, 5.41) is 7.64. The van der Waals surface area contributed by atoms with Crippen molar-refractivity contribution < 1.29 is 0 Å². The van der Waals surface area contributed by atoms with Gasteiger partial charge in [-0.25, -0.2) is 4.98 Å². The molecule has 0 saturated heterocycles. The van der Waals surface area contributed by atoms with E-state index in [2.05, 4.69) is 9.97 Å². The zero-order valence-electron chi connectivity index (χ0n) is 11.8. The molecule has 0 bridgehead atoms. The molecule has 3 N–H and O–H groups in total. The number of aryl methyl sites for hydroxylation is 1. The molecule has 0 aliphatic heterocycles. The van der Waals surface area contributed by atoms with Gasteiger partial charge in [-0.05, 0) is 43.2 Å². The molecule has 0 saturated carbocycles. The van der Waals surface area contributed by atoms with Gasteiger partial charge in [-0.1, -0.05) is 0 Å². The van der Waals surface area contributed by atoms with Crippen LogP contribution in [-0.4, -0.2) is 29.4 Å². The number of nitrogens with zero attached hydrogens (tertiary/aromatic N) is 3. The summed E-state index contributed by atoms with van der Waals surface area (Å²) in [6, 6.07) is 7.73. The van der Waals surface area contributed by atoms with Gasteiger partial charge in [-0.3, -0.25) is 10.4 Å². The molecule has 0 fully saturated rings. The average Bonchev–Trinajstić information content (AvgIpc) is 2.45. The van der Waals surface area contributed by atoms with Crippen molar-refractivity contribution in [3.8, 4) is 0 Å². The van der Waals surface area contributed by atoms with Crippen LogP contribution in [0.25, 0.3) is 0 Å². The SMILES string of the molecule is Cc1ccc(C(=N)N)c(N(C)CCc2ccncc2)n1. The number of pyridine rings is 2. The Balaban J connectivity index is 2.14. The topological polar surface area (TPSA) is 78.9 Å². The van der Waals surface area contributed by atoms with Crippen LogP contribution in [0.2, 0.25) is 0 Å². The molecule has 20 heavy (non-hydrogen) atoms. The van der Waals surface area contributed by atoms with Crippen molar-refractivity contribution in [1.82, 2.24) is 9.97 Å². The Morgan fingerprint density at radius 1 is 1.25 bits per heavy atom. The summed E-state index contributed by atoms with van der Waals surface area (Å²) < 4.78 is 0. The van der Waals surface area contributed by atoms with Crippen LogP contribution in [-0.2, 0) is 6.42 Å². The molecule has 0 aliphatic rings. The second-order valence-corrected chi connectivity index (χ2v) is 4.76. The lowest BCUT2D eigenvalue weighted by Crippen LogP contribution is -2.26. The number of likely N-dealkylation sites (N-methyl/N-ethyl adjacent to an activating group) is 1. The molecule has 0 spiro atoms. The number of hydrogen-bond acceptors (Lipinski definition) is 4. The van der Waals surface area contributed by atoms with Crippen LogP contribution in [0, 0.1) is 12.3 Å². The van der Waals surface area contributed by atoms with Crippen molar-refractivity contribution >= 4 is 11.7 Å². The van der Waals surface area contributed by atoms with Crippen LogP contribution < -0.4 is 10.6 Å². The quantitative estimate of drug-likeness (QED) is 0.640. The van der Waals surface area contributed by atoms with E-state index >= 15 is 0 Å². The maximum absolute atomic E-state index is 7.64. The second kappa shape index (κ2) is 6.14. The Hall–Kier alpha value is -2.43. The van der Waals surface area contributed by atoms with Crippen LogP contribution in [0.1, 0.15) is 16.8 Å². The van der Waals surface area contributed by atoms with E-state index in [1.54, 1.807) is 12.4 Å². The fourth-order valence-electron chi connectivity index (χ4n) is 2.00. The van der Waals surface area contributed by atoms with Crippen molar-refractivity contribution in [1.29, 1.82) is 5.41 Å². The summed E-state index contributed by atoms with van der Waals surface area (Å²) in [4.78, 5) is 10.5. The van der Waals surface area contributed by atoms with E-state index in [0.717, 1.165) is 24.5 Å².